The highest BCUT2D eigenvalue weighted by molar-refractivity contribution is 5.93. The number of benzene rings is 1. The molecule has 4 aliphatic heterocycles. The Kier molecular flexibility index (Phi) is 4.28. The molecule has 6 nitrogen and oxygen atoms in total. The molecule has 4 aliphatic rings. The summed E-state index contributed by atoms with van der Waals surface area (Å²) in [5.74, 6) is -0.0170. The highest BCUT2D eigenvalue weighted by Crippen LogP contribution is 2.52. The standard InChI is InChI=1S/C23H26N2O4/c1-15-7-10-24(11-8-15)21(26)19-18-6-9-23(29-18)14-25(22(27)20(19)23)13-16-4-3-5-17(12-16)28-2/h3-7,9,12,18-20H,8,10-11,13-14H2,1-2H3/t18-,19+,20+,23-/m0/s1. The Bertz CT molecular complexity index is 923. The fourth-order valence-electron chi connectivity index (χ4n) is 5.17. The van der Waals surface area contributed by atoms with Crippen LogP contribution in [0.15, 0.2) is 48.1 Å². The molecule has 2 saturated heterocycles. The van der Waals surface area contributed by atoms with E-state index in [-0.39, 0.29) is 17.9 Å². The smallest absolute Gasteiger partial charge is 0.230 e. The molecule has 0 aliphatic carbocycles. The van der Waals surface area contributed by atoms with Gasteiger partial charge in [0.1, 0.15) is 11.4 Å². The Balaban J connectivity index is 1.38. The van der Waals surface area contributed by atoms with E-state index in [0.717, 1.165) is 24.3 Å². The number of nitrogens with zero attached hydrogens (tertiary/aromatic N) is 2. The van der Waals surface area contributed by atoms with Gasteiger partial charge < -0.3 is 19.3 Å². The van der Waals surface area contributed by atoms with Crippen LogP contribution in [0.2, 0.25) is 0 Å². The summed E-state index contributed by atoms with van der Waals surface area (Å²) in [5.41, 5.74) is 1.66. The number of likely N-dealkylation sites (tertiary alicyclic amines) is 1. The molecule has 2 bridgehead atoms. The maximum atomic E-state index is 13.4. The molecule has 0 radical (unpaired) electrons. The molecule has 0 saturated carbocycles. The summed E-state index contributed by atoms with van der Waals surface area (Å²) in [6.07, 6.45) is 6.70. The van der Waals surface area contributed by atoms with Gasteiger partial charge in [-0.1, -0.05) is 35.9 Å². The van der Waals surface area contributed by atoms with Crippen molar-refractivity contribution in [2.24, 2.45) is 11.8 Å². The molecular weight excluding hydrogens is 368 g/mol. The minimum Gasteiger partial charge on any atom is -0.497 e. The van der Waals surface area contributed by atoms with Gasteiger partial charge in [-0.2, -0.15) is 0 Å². The third-order valence-corrected chi connectivity index (χ3v) is 6.72. The average Bonchev–Trinajstić information content (AvgIpc) is 3.36. The zero-order valence-corrected chi connectivity index (χ0v) is 16.8. The summed E-state index contributed by atoms with van der Waals surface area (Å²) >= 11 is 0. The fraction of sp³-hybridized carbons (Fsp3) is 0.478. The minimum absolute atomic E-state index is 0.0155. The summed E-state index contributed by atoms with van der Waals surface area (Å²) < 4.78 is 11.5. The van der Waals surface area contributed by atoms with Crippen LogP contribution in [0.1, 0.15) is 18.9 Å². The number of amides is 2. The Hall–Kier alpha value is -2.60. The maximum Gasteiger partial charge on any atom is 0.230 e. The summed E-state index contributed by atoms with van der Waals surface area (Å²) in [7, 11) is 1.63. The maximum absolute atomic E-state index is 13.4. The van der Waals surface area contributed by atoms with Crippen molar-refractivity contribution in [3.8, 4) is 5.75 Å². The van der Waals surface area contributed by atoms with Crippen LogP contribution in [0.25, 0.3) is 0 Å². The lowest BCUT2D eigenvalue weighted by Gasteiger charge is -2.31. The molecule has 6 heteroatoms. The van der Waals surface area contributed by atoms with Gasteiger partial charge in [-0.15, -0.1) is 0 Å². The molecule has 4 atom stereocenters. The second-order valence-electron chi connectivity index (χ2n) is 8.53. The van der Waals surface area contributed by atoms with Gasteiger partial charge in [-0.05, 0) is 31.0 Å². The highest BCUT2D eigenvalue weighted by atomic mass is 16.5. The molecule has 1 spiro atoms. The first kappa shape index (κ1) is 18.4. The second-order valence-corrected chi connectivity index (χ2v) is 8.53. The van der Waals surface area contributed by atoms with E-state index in [2.05, 4.69) is 13.0 Å². The summed E-state index contributed by atoms with van der Waals surface area (Å²) in [4.78, 5) is 30.4. The lowest BCUT2D eigenvalue weighted by atomic mass is 9.76. The van der Waals surface area contributed by atoms with E-state index >= 15 is 0 Å². The first-order chi connectivity index (χ1) is 14.0. The van der Waals surface area contributed by atoms with E-state index in [1.165, 1.54) is 5.57 Å². The quantitative estimate of drug-likeness (QED) is 0.735. The summed E-state index contributed by atoms with van der Waals surface area (Å²) in [6.45, 7) is 4.41. The predicted molar refractivity (Wildman–Crippen MR) is 107 cm³/mol. The van der Waals surface area contributed by atoms with Gasteiger partial charge in [0.25, 0.3) is 0 Å². The Morgan fingerprint density at radius 1 is 1.38 bits per heavy atom. The van der Waals surface area contributed by atoms with Crippen molar-refractivity contribution in [2.75, 3.05) is 26.7 Å². The zero-order valence-electron chi connectivity index (χ0n) is 16.8. The van der Waals surface area contributed by atoms with Crippen LogP contribution in [0.3, 0.4) is 0 Å². The molecule has 0 aromatic heterocycles. The van der Waals surface area contributed by atoms with Crippen LogP contribution >= 0.6 is 0 Å². The Morgan fingerprint density at radius 3 is 3.00 bits per heavy atom. The Labute approximate surface area is 170 Å². The van der Waals surface area contributed by atoms with Crippen LogP contribution in [-0.4, -0.2) is 60.1 Å². The average molecular weight is 394 g/mol. The second kappa shape index (κ2) is 6.73. The fourth-order valence-corrected chi connectivity index (χ4v) is 5.17. The van der Waals surface area contributed by atoms with Crippen LogP contribution in [-0.2, 0) is 20.9 Å². The number of carbonyl (C=O) groups is 2. The summed E-state index contributed by atoms with van der Waals surface area (Å²) in [6, 6.07) is 7.74. The lowest BCUT2D eigenvalue weighted by Crippen LogP contribution is -2.47. The molecule has 1 aromatic carbocycles. The van der Waals surface area contributed by atoms with E-state index in [0.29, 0.717) is 19.6 Å². The molecule has 2 amide bonds. The van der Waals surface area contributed by atoms with Crippen molar-refractivity contribution < 1.29 is 19.1 Å². The van der Waals surface area contributed by atoms with Gasteiger partial charge in [0.2, 0.25) is 11.8 Å². The van der Waals surface area contributed by atoms with Gasteiger partial charge in [0.05, 0.1) is 31.6 Å². The van der Waals surface area contributed by atoms with E-state index < -0.39 is 17.4 Å². The zero-order chi connectivity index (χ0) is 20.2. The molecule has 0 N–H and O–H groups in total. The SMILES string of the molecule is COc1cccc(CN2C[C@]34C=C[C@H](O3)[C@@H](C(=O)N3CC=C(C)CC3)[C@@H]4C2=O)c1. The van der Waals surface area contributed by atoms with Crippen LogP contribution in [0, 0.1) is 11.8 Å². The molecule has 0 unspecified atom stereocenters. The number of methoxy groups -OCH3 is 1. The molecule has 29 heavy (non-hydrogen) atoms. The molecule has 4 heterocycles. The van der Waals surface area contributed by atoms with E-state index in [1.807, 2.05) is 46.2 Å². The molecule has 5 rings (SSSR count). The van der Waals surface area contributed by atoms with Gasteiger partial charge in [0, 0.05) is 19.6 Å². The number of hydrogen-bond donors (Lipinski definition) is 0. The van der Waals surface area contributed by atoms with E-state index in [4.69, 9.17) is 9.47 Å². The third-order valence-electron chi connectivity index (χ3n) is 6.72. The molecule has 152 valence electrons. The summed E-state index contributed by atoms with van der Waals surface area (Å²) in [5, 5.41) is 0. The van der Waals surface area contributed by atoms with Crippen molar-refractivity contribution in [1.29, 1.82) is 0 Å². The van der Waals surface area contributed by atoms with Crippen LogP contribution in [0.4, 0.5) is 0 Å². The number of rotatable bonds is 4. The topological polar surface area (TPSA) is 59.1 Å². The van der Waals surface area contributed by atoms with Crippen LogP contribution < -0.4 is 4.74 Å². The van der Waals surface area contributed by atoms with Gasteiger partial charge in [0.15, 0.2) is 0 Å². The van der Waals surface area contributed by atoms with Crippen molar-refractivity contribution >= 4 is 11.8 Å². The molecule has 2 fully saturated rings. The van der Waals surface area contributed by atoms with Crippen molar-refractivity contribution in [2.45, 2.75) is 31.6 Å². The predicted octanol–water partition coefficient (Wildman–Crippen LogP) is 2.16. The monoisotopic (exact) mass is 394 g/mol. The normalized spacial score (nSPS) is 32.6. The third kappa shape index (κ3) is 2.89. The lowest BCUT2D eigenvalue weighted by molar-refractivity contribution is -0.143. The van der Waals surface area contributed by atoms with Gasteiger partial charge >= 0.3 is 0 Å². The van der Waals surface area contributed by atoms with Crippen molar-refractivity contribution in [3.05, 3.63) is 53.6 Å². The molecule has 1 aromatic rings. The van der Waals surface area contributed by atoms with Crippen molar-refractivity contribution in [3.63, 3.8) is 0 Å². The van der Waals surface area contributed by atoms with Gasteiger partial charge in [-0.3, -0.25) is 9.59 Å². The largest absolute Gasteiger partial charge is 0.497 e. The first-order valence-electron chi connectivity index (χ1n) is 10.2. The number of fused-ring (bicyclic) bond motifs is 1. The van der Waals surface area contributed by atoms with Crippen LogP contribution in [0.5, 0.6) is 5.75 Å². The highest BCUT2D eigenvalue weighted by Gasteiger charge is 2.67. The molecular formula is C23H26N2O4. The number of carbonyl (C=O) groups excluding carboxylic acids is 2. The van der Waals surface area contributed by atoms with E-state index in [9.17, 15) is 9.59 Å². The van der Waals surface area contributed by atoms with Gasteiger partial charge in [-0.25, -0.2) is 0 Å². The van der Waals surface area contributed by atoms with E-state index in [1.54, 1.807) is 7.11 Å². The number of ether oxygens (including phenoxy) is 2. The Morgan fingerprint density at radius 2 is 2.24 bits per heavy atom. The number of hydrogen-bond acceptors (Lipinski definition) is 4. The van der Waals surface area contributed by atoms with Crippen molar-refractivity contribution in [1.82, 2.24) is 9.80 Å². The minimum atomic E-state index is -0.664. The first-order valence-corrected chi connectivity index (χ1v) is 10.2.